The predicted molar refractivity (Wildman–Crippen MR) is 179 cm³/mol. The SMILES string of the molecule is CCCCCN1CCC(CCOc2c(-c3cccc4c5c(ccc34)C3=C(CCC=C3)CC5)ccc3ccccc23)CC1. The lowest BCUT2D eigenvalue weighted by atomic mass is 9.79. The Bertz CT molecular complexity index is 1630. The number of ether oxygens (including phenoxy) is 1. The molecule has 0 bridgehead atoms. The minimum absolute atomic E-state index is 0.767. The average Bonchev–Trinajstić information content (AvgIpc) is 3.05. The van der Waals surface area contributed by atoms with Crippen LogP contribution in [-0.2, 0) is 6.42 Å². The van der Waals surface area contributed by atoms with Gasteiger partial charge in [-0.15, -0.1) is 0 Å². The molecule has 42 heavy (non-hydrogen) atoms. The summed E-state index contributed by atoms with van der Waals surface area (Å²) >= 11 is 0. The van der Waals surface area contributed by atoms with Crippen LogP contribution in [0.15, 0.2) is 84.5 Å². The summed E-state index contributed by atoms with van der Waals surface area (Å²) in [6, 6.07) is 24.9. The Balaban J connectivity index is 1.17. The summed E-state index contributed by atoms with van der Waals surface area (Å²) in [7, 11) is 0. The molecule has 216 valence electrons. The number of benzene rings is 4. The van der Waals surface area contributed by atoms with Crippen molar-refractivity contribution in [3.8, 4) is 16.9 Å². The van der Waals surface area contributed by atoms with E-state index in [9.17, 15) is 0 Å². The Hall–Kier alpha value is -3.36. The summed E-state index contributed by atoms with van der Waals surface area (Å²) in [4.78, 5) is 2.68. The average molecular weight is 556 g/mol. The van der Waals surface area contributed by atoms with Gasteiger partial charge in [-0.25, -0.2) is 0 Å². The predicted octanol–water partition coefficient (Wildman–Crippen LogP) is 10.4. The molecule has 0 amide bonds. The van der Waals surface area contributed by atoms with E-state index < -0.39 is 0 Å². The van der Waals surface area contributed by atoms with E-state index in [2.05, 4.69) is 90.7 Å². The molecule has 2 nitrogen and oxygen atoms in total. The van der Waals surface area contributed by atoms with Gasteiger partial charge in [-0.05, 0) is 121 Å². The molecular weight excluding hydrogens is 510 g/mol. The van der Waals surface area contributed by atoms with Gasteiger partial charge in [-0.1, -0.05) is 98.2 Å². The molecule has 4 aromatic carbocycles. The van der Waals surface area contributed by atoms with Crippen LogP contribution in [0.25, 0.3) is 38.2 Å². The van der Waals surface area contributed by atoms with E-state index in [0.717, 1.165) is 31.1 Å². The van der Waals surface area contributed by atoms with Crippen molar-refractivity contribution in [1.82, 2.24) is 4.90 Å². The summed E-state index contributed by atoms with van der Waals surface area (Å²) in [5, 5.41) is 5.21. The zero-order chi connectivity index (χ0) is 28.3. The lowest BCUT2D eigenvalue weighted by Gasteiger charge is -2.32. The normalized spacial score (nSPS) is 17.5. The van der Waals surface area contributed by atoms with Crippen LogP contribution in [0.3, 0.4) is 0 Å². The van der Waals surface area contributed by atoms with E-state index in [-0.39, 0.29) is 0 Å². The molecule has 0 radical (unpaired) electrons. The van der Waals surface area contributed by atoms with Gasteiger partial charge in [-0.3, -0.25) is 0 Å². The number of hydrogen-bond acceptors (Lipinski definition) is 2. The number of rotatable bonds is 9. The number of nitrogens with zero attached hydrogens (tertiary/aromatic N) is 1. The lowest BCUT2D eigenvalue weighted by molar-refractivity contribution is 0.162. The summed E-state index contributed by atoms with van der Waals surface area (Å²) < 4.78 is 6.82. The maximum absolute atomic E-state index is 6.82. The molecular formula is C40H45NO. The highest BCUT2D eigenvalue weighted by Gasteiger charge is 2.23. The number of hydrogen-bond donors (Lipinski definition) is 0. The molecule has 0 spiro atoms. The fourth-order valence-corrected chi connectivity index (χ4v) is 7.73. The second-order valence-electron chi connectivity index (χ2n) is 12.7. The minimum atomic E-state index is 0.767. The standard InChI is InChI=1S/C40H45NO/c1-2-3-8-25-41-26-22-29(23-27-41)24-28-42-40-33-13-7-5-11-31(33)17-19-39(40)35-15-9-14-34-37-18-16-30-10-4-6-12-32(30)36(37)20-21-38(34)35/h5-7,9,11-15,17,19-21,29H,2-4,8,10,16,18,22-28H2,1H3. The van der Waals surface area contributed by atoms with Crippen molar-refractivity contribution in [2.75, 3.05) is 26.2 Å². The summed E-state index contributed by atoms with van der Waals surface area (Å²) in [6.45, 7) is 6.86. The van der Waals surface area contributed by atoms with Gasteiger partial charge >= 0.3 is 0 Å². The third-order valence-electron chi connectivity index (χ3n) is 10.1. The molecule has 1 fully saturated rings. The number of likely N-dealkylation sites (tertiary alicyclic amines) is 1. The van der Waals surface area contributed by atoms with E-state index in [4.69, 9.17) is 4.74 Å². The van der Waals surface area contributed by atoms with E-state index in [0.29, 0.717) is 0 Å². The second-order valence-corrected chi connectivity index (χ2v) is 12.7. The molecule has 2 aliphatic carbocycles. The molecule has 1 aliphatic heterocycles. The Morgan fingerprint density at radius 3 is 2.52 bits per heavy atom. The molecule has 0 N–H and O–H groups in total. The van der Waals surface area contributed by atoms with Gasteiger partial charge in [0.15, 0.2) is 0 Å². The first-order valence-corrected chi connectivity index (χ1v) is 16.6. The van der Waals surface area contributed by atoms with Crippen LogP contribution in [0, 0.1) is 5.92 Å². The monoisotopic (exact) mass is 555 g/mol. The van der Waals surface area contributed by atoms with E-state index in [1.165, 1.54) is 120 Å². The van der Waals surface area contributed by atoms with Gasteiger partial charge in [-0.2, -0.15) is 0 Å². The molecule has 0 unspecified atom stereocenters. The van der Waals surface area contributed by atoms with Crippen molar-refractivity contribution in [3.05, 3.63) is 95.6 Å². The molecule has 4 aromatic rings. The Morgan fingerprint density at radius 2 is 1.62 bits per heavy atom. The fraction of sp³-hybridized carbons (Fsp3) is 0.400. The molecule has 7 rings (SSSR count). The Labute approximate surface area is 252 Å². The Kier molecular flexibility index (Phi) is 8.16. The largest absolute Gasteiger partial charge is 0.492 e. The van der Waals surface area contributed by atoms with Crippen LogP contribution in [0.5, 0.6) is 5.75 Å². The zero-order valence-corrected chi connectivity index (χ0v) is 25.3. The van der Waals surface area contributed by atoms with Crippen molar-refractivity contribution in [1.29, 1.82) is 0 Å². The topological polar surface area (TPSA) is 12.5 Å². The molecule has 1 heterocycles. The third kappa shape index (κ3) is 5.42. The first-order valence-electron chi connectivity index (χ1n) is 16.6. The Morgan fingerprint density at radius 1 is 0.762 bits per heavy atom. The molecule has 1 saturated heterocycles. The van der Waals surface area contributed by atoms with Crippen LogP contribution in [0.1, 0.15) is 75.8 Å². The quantitative estimate of drug-likeness (QED) is 0.190. The van der Waals surface area contributed by atoms with Crippen LogP contribution < -0.4 is 4.74 Å². The van der Waals surface area contributed by atoms with Crippen LogP contribution in [0.2, 0.25) is 0 Å². The fourth-order valence-electron chi connectivity index (χ4n) is 7.73. The molecule has 3 aliphatic rings. The molecule has 0 atom stereocenters. The van der Waals surface area contributed by atoms with Crippen molar-refractivity contribution < 1.29 is 4.74 Å². The van der Waals surface area contributed by atoms with Crippen LogP contribution in [-0.4, -0.2) is 31.1 Å². The first-order chi connectivity index (χ1) is 20.8. The van der Waals surface area contributed by atoms with Gasteiger partial charge < -0.3 is 9.64 Å². The van der Waals surface area contributed by atoms with E-state index in [1.807, 2.05) is 0 Å². The number of piperidine rings is 1. The van der Waals surface area contributed by atoms with Crippen molar-refractivity contribution in [2.24, 2.45) is 5.92 Å². The smallest absolute Gasteiger partial charge is 0.134 e. The van der Waals surface area contributed by atoms with Gasteiger partial charge in [0.05, 0.1) is 6.61 Å². The summed E-state index contributed by atoms with van der Waals surface area (Å²) in [5.41, 5.74) is 8.60. The number of aryl methyl sites for hydroxylation is 1. The maximum atomic E-state index is 6.82. The first kappa shape index (κ1) is 27.5. The van der Waals surface area contributed by atoms with Gasteiger partial charge in [0.1, 0.15) is 5.75 Å². The van der Waals surface area contributed by atoms with Crippen LogP contribution in [0.4, 0.5) is 0 Å². The van der Waals surface area contributed by atoms with E-state index >= 15 is 0 Å². The number of fused-ring (bicyclic) bond motifs is 5. The molecule has 0 saturated carbocycles. The highest BCUT2D eigenvalue weighted by molar-refractivity contribution is 6.05. The second kappa shape index (κ2) is 12.5. The maximum Gasteiger partial charge on any atom is 0.134 e. The minimum Gasteiger partial charge on any atom is -0.492 e. The van der Waals surface area contributed by atoms with Gasteiger partial charge in [0.2, 0.25) is 0 Å². The molecule has 2 heteroatoms. The van der Waals surface area contributed by atoms with Crippen molar-refractivity contribution in [2.45, 2.75) is 71.1 Å². The van der Waals surface area contributed by atoms with Gasteiger partial charge in [0, 0.05) is 10.9 Å². The van der Waals surface area contributed by atoms with E-state index in [1.54, 1.807) is 5.57 Å². The summed E-state index contributed by atoms with van der Waals surface area (Å²) in [5.74, 6) is 1.82. The van der Waals surface area contributed by atoms with Crippen LogP contribution >= 0.6 is 0 Å². The van der Waals surface area contributed by atoms with Crippen molar-refractivity contribution in [3.63, 3.8) is 0 Å². The summed E-state index contributed by atoms with van der Waals surface area (Å²) in [6.07, 6.45) is 17.2. The number of unbranched alkanes of at least 4 members (excludes halogenated alkanes) is 2. The highest BCUT2D eigenvalue weighted by Crippen LogP contribution is 2.44. The van der Waals surface area contributed by atoms with Crippen molar-refractivity contribution >= 4 is 27.1 Å². The molecule has 0 aromatic heterocycles. The third-order valence-corrected chi connectivity index (χ3v) is 10.1. The highest BCUT2D eigenvalue weighted by atomic mass is 16.5. The number of allylic oxidation sites excluding steroid dienone is 4. The van der Waals surface area contributed by atoms with Gasteiger partial charge in [0.25, 0.3) is 0 Å². The lowest BCUT2D eigenvalue weighted by Crippen LogP contribution is -2.34. The zero-order valence-electron chi connectivity index (χ0n) is 25.3.